The number of aryl methyl sites for hydroxylation is 1. The summed E-state index contributed by atoms with van der Waals surface area (Å²) < 4.78 is 6.24. The van der Waals surface area contributed by atoms with Crippen molar-refractivity contribution in [2.45, 2.75) is 31.8 Å². The van der Waals surface area contributed by atoms with Crippen molar-refractivity contribution < 1.29 is 9.53 Å². The van der Waals surface area contributed by atoms with Gasteiger partial charge in [0.25, 0.3) is 5.91 Å². The van der Waals surface area contributed by atoms with Gasteiger partial charge in [-0.15, -0.1) is 24.8 Å². The first-order chi connectivity index (χ1) is 13.6. The predicted molar refractivity (Wildman–Crippen MR) is 124 cm³/mol. The Kier molecular flexibility index (Phi) is 8.53. The molecule has 3 aromatic rings. The summed E-state index contributed by atoms with van der Waals surface area (Å²) >= 11 is 0. The van der Waals surface area contributed by atoms with Crippen molar-refractivity contribution in [3.8, 4) is 5.75 Å². The van der Waals surface area contributed by atoms with Crippen LogP contribution >= 0.6 is 24.8 Å². The molecule has 0 atom stereocenters. The van der Waals surface area contributed by atoms with Gasteiger partial charge < -0.3 is 20.4 Å². The highest BCUT2D eigenvalue weighted by Crippen LogP contribution is 2.27. The molecule has 1 amide bonds. The minimum Gasteiger partial charge on any atom is -0.477 e. The van der Waals surface area contributed by atoms with Crippen molar-refractivity contribution in [1.82, 2.24) is 20.6 Å². The highest BCUT2D eigenvalue weighted by Gasteiger charge is 2.41. The molecule has 162 valence electrons. The van der Waals surface area contributed by atoms with Gasteiger partial charge in [-0.25, -0.2) is 4.98 Å². The third kappa shape index (κ3) is 5.45. The van der Waals surface area contributed by atoms with Crippen LogP contribution in [-0.4, -0.2) is 41.1 Å². The fourth-order valence-electron chi connectivity index (χ4n) is 3.62. The average Bonchev–Trinajstić information content (AvgIpc) is 3.13. The van der Waals surface area contributed by atoms with Crippen LogP contribution < -0.4 is 15.4 Å². The van der Waals surface area contributed by atoms with Crippen LogP contribution in [0.3, 0.4) is 0 Å². The molecule has 0 spiro atoms. The standard InChI is InChI=1S/C22H26N4O2.2ClH/c1-16-6-8-17(9-7-16)28-22(11-14-23-15-12-22)21(27)24-13-10-20-25-18-4-2-3-5-19(18)26-20;;/h2-9,23H,10-15H2,1H3,(H,24,27)(H,25,26);2*1H. The Balaban J connectivity index is 0.00000160. The molecule has 1 aliphatic heterocycles. The maximum absolute atomic E-state index is 13.1. The van der Waals surface area contributed by atoms with Gasteiger partial charge in [-0.05, 0) is 44.3 Å². The number of halogens is 2. The summed E-state index contributed by atoms with van der Waals surface area (Å²) in [6.45, 7) is 4.09. The highest BCUT2D eigenvalue weighted by molar-refractivity contribution is 5.86. The highest BCUT2D eigenvalue weighted by atomic mass is 35.5. The number of aromatic nitrogens is 2. The number of H-pyrrole nitrogens is 1. The molecule has 6 nitrogen and oxygen atoms in total. The van der Waals surface area contributed by atoms with Gasteiger partial charge in [-0.1, -0.05) is 29.8 Å². The van der Waals surface area contributed by atoms with E-state index in [1.54, 1.807) is 0 Å². The maximum Gasteiger partial charge on any atom is 0.264 e. The number of fused-ring (bicyclic) bond motifs is 1. The van der Waals surface area contributed by atoms with Crippen LogP contribution in [0.4, 0.5) is 0 Å². The second-order valence-electron chi connectivity index (χ2n) is 7.37. The lowest BCUT2D eigenvalue weighted by atomic mass is 9.90. The molecular formula is C22H28Cl2N4O2. The molecule has 2 heterocycles. The molecular weight excluding hydrogens is 423 g/mol. The zero-order chi connectivity index (χ0) is 19.4. The molecule has 1 fully saturated rings. The number of carbonyl (C=O) groups is 1. The Hall–Kier alpha value is -2.28. The number of aromatic amines is 1. The summed E-state index contributed by atoms with van der Waals surface area (Å²) in [5.41, 5.74) is 2.30. The Morgan fingerprint density at radius 1 is 1.10 bits per heavy atom. The second kappa shape index (κ2) is 10.7. The number of benzene rings is 2. The van der Waals surface area contributed by atoms with Crippen LogP contribution in [-0.2, 0) is 11.2 Å². The number of hydrogen-bond acceptors (Lipinski definition) is 4. The van der Waals surface area contributed by atoms with E-state index in [4.69, 9.17) is 4.74 Å². The molecule has 4 rings (SSSR count). The van der Waals surface area contributed by atoms with Crippen molar-refractivity contribution in [3.05, 3.63) is 59.9 Å². The van der Waals surface area contributed by atoms with Crippen molar-refractivity contribution in [2.24, 2.45) is 0 Å². The van der Waals surface area contributed by atoms with Gasteiger partial charge >= 0.3 is 0 Å². The largest absolute Gasteiger partial charge is 0.477 e. The third-order valence-corrected chi connectivity index (χ3v) is 5.25. The summed E-state index contributed by atoms with van der Waals surface area (Å²) in [6, 6.07) is 15.8. The molecule has 30 heavy (non-hydrogen) atoms. The Morgan fingerprint density at radius 2 is 1.80 bits per heavy atom. The van der Waals surface area contributed by atoms with E-state index in [-0.39, 0.29) is 30.7 Å². The molecule has 0 unspecified atom stereocenters. The van der Waals surface area contributed by atoms with Gasteiger partial charge in [0.1, 0.15) is 11.6 Å². The van der Waals surface area contributed by atoms with Crippen molar-refractivity contribution in [1.29, 1.82) is 0 Å². The Labute approximate surface area is 189 Å². The zero-order valence-corrected chi connectivity index (χ0v) is 18.6. The number of nitrogens with zero attached hydrogens (tertiary/aromatic N) is 1. The normalized spacial score (nSPS) is 15.0. The van der Waals surface area contributed by atoms with Crippen LogP contribution in [0, 0.1) is 6.92 Å². The SMILES string of the molecule is Cc1ccc(OC2(C(=O)NCCc3nc4ccccc4[nH]3)CCNCC2)cc1.Cl.Cl. The fourth-order valence-corrected chi connectivity index (χ4v) is 3.62. The smallest absolute Gasteiger partial charge is 0.264 e. The van der Waals surface area contributed by atoms with Gasteiger partial charge in [-0.2, -0.15) is 0 Å². The van der Waals surface area contributed by atoms with E-state index in [0.29, 0.717) is 25.8 Å². The van der Waals surface area contributed by atoms with Crippen LogP contribution in [0.2, 0.25) is 0 Å². The number of nitrogens with one attached hydrogen (secondary N) is 3. The molecule has 0 saturated carbocycles. The first kappa shape index (κ1) is 24.0. The van der Waals surface area contributed by atoms with Crippen molar-refractivity contribution >= 4 is 41.8 Å². The van der Waals surface area contributed by atoms with E-state index >= 15 is 0 Å². The van der Waals surface area contributed by atoms with Crippen LogP contribution in [0.1, 0.15) is 24.2 Å². The van der Waals surface area contributed by atoms with Crippen molar-refractivity contribution in [2.75, 3.05) is 19.6 Å². The molecule has 0 bridgehead atoms. The van der Waals surface area contributed by atoms with Gasteiger partial charge in [0.2, 0.25) is 0 Å². The lowest BCUT2D eigenvalue weighted by molar-refractivity contribution is -0.139. The van der Waals surface area contributed by atoms with Crippen LogP contribution in [0.15, 0.2) is 48.5 Å². The molecule has 1 aromatic heterocycles. The number of rotatable bonds is 6. The number of hydrogen-bond donors (Lipinski definition) is 3. The van der Waals surface area contributed by atoms with Crippen LogP contribution in [0.5, 0.6) is 5.75 Å². The first-order valence-electron chi connectivity index (χ1n) is 9.83. The molecule has 0 radical (unpaired) electrons. The van der Waals surface area contributed by atoms with E-state index in [9.17, 15) is 4.79 Å². The molecule has 3 N–H and O–H groups in total. The number of para-hydroxylation sites is 2. The minimum absolute atomic E-state index is 0. The summed E-state index contributed by atoms with van der Waals surface area (Å²) in [5.74, 6) is 1.56. The number of amides is 1. The zero-order valence-electron chi connectivity index (χ0n) is 16.9. The molecule has 1 aliphatic rings. The fraction of sp³-hybridized carbons (Fsp3) is 0.364. The third-order valence-electron chi connectivity index (χ3n) is 5.25. The van der Waals surface area contributed by atoms with E-state index < -0.39 is 5.60 Å². The monoisotopic (exact) mass is 450 g/mol. The van der Waals surface area contributed by atoms with E-state index in [1.165, 1.54) is 5.56 Å². The minimum atomic E-state index is -0.825. The molecule has 2 aromatic carbocycles. The second-order valence-corrected chi connectivity index (χ2v) is 7.37. The van der Waals surface area contributed by atoms with Gasteiger partial charge in [0, 0.05) is 25.8 Å². The summed E-state index contributed by atoms with van der Waals surface area (Å²) in [7, 11) is 0. The van der Waals surface area contributed by atoms with Crippen LogP contribution in [0.25, 0.3) is 11.0 Å². The predicted octanol–water partition coefficient (Wildman–Crippen LogP) is 3.57. The van der Waals surface area contributed by atoms with E-state index in [2.05, 4.69) is 20.6 Å². The summed E-state index contributed by atoms with van der Waals surface area (Å²) in [5, 5.41) is 6.38. The average molecular weight is 451 g/mol. The lowest BCUT2D eigenvalue weighted by Gasteiger charge is -2.36. The topological polar surface area (TPSA) is 79.0 Å². The molecule has 0 aliphatic carbocycles. The number of imidazole rings is 1. The van der Waals surface area contributed by atoms with Gasteiger partial charge in [0.15, 0.2) is 5.60 Å². The molecule has 8 heteroatoms. The number of carbonyl (C=O) groups excluding carboxylic acids is 1. The Morgan fingerprint density at radius 3 is 2.50 bits per heavy atom. The number of piperidine rings is 1. The van der Waals surface area contributed by atoms with Gasteiger partial charge in [0.05, 0.1) is 11.0 Å². The van der Waals surface area contributed by atoms with Crippen molar-refractivity contribution in [3.63, 3.8) is 0 Å². The molecule has 1 saturated heterocycles. The quantitative estimate of drug-likeness (QED) is 0.536. The first-order valence-corrected chi connectivity index (χ1v) is 9.83. The number of ether oxygens (including phenoxy) is 1. The summed E-state index contributed by atoms with van der Waals surface area (Å²) in [4.78, 5) is 20.9. The van der Waals surface area contributed by atoms with E-state index in [0.717, 1.165) is 35.7 Å². The lowest BCUT2D eigenvalue weighted by Crippen LogP contribution is -2.56. The van der Waals surface area contributed by atoms with Gasteiger partial charge in [-0.3, -0.25) is 4.79 Å². The Bertz CT molecular complexity index is 920. The maximum atomic E-state index is 13.1. The summed E-state index contributed by atoms with van der Waals surface area (Å²) in [6.07, 6.45) is 1.95. The van der Waals surface area contributed by atoms with E-state index in [1.807, 2.05) is 55.5 Å².